The number of hydrogen-bond donors (Lipinski definition) is 6. The number of carbonyl (C=O) groups is 1. The summed E-state index contributed by atoms with van der Waals surface area (Å²) in [7, 11) is 0. The summed E-state index contributed by atoms with van der Waals surface area (Å²) in [4.78, 5) is 20.1. The Balaban J connectivity index is 0.000000331. The molecule has 4 rings (SSSR count). The van der Waals surface area contributed by atoms with Crippen molar-refractivity contribution in [2.24, 2.45) is 5.73 Å². The Hall–Kier alpha value is -3.34. The van der Waals surface area contributed by atoms with Crippen LogP contribution in [0.25, 0.3) is 21.7 Å². The zero-order valence-corrected chi connectivity index (χ0v) is 18.2. The number of rotatable bonds is 6. The van der Waals surface area contributed by atoms with E-state index >= 15 is 0 Å². The van der Waals surface area contributed by atoms with Crippen molar-refractivity contribution in [3.8, 4) is 0 Å². The summed E-state index contributed by atoms with van der Waals surface area (Å²) in [6.07, 6.45) is 3.45. The van der Waals surface area contributed by atoms with E-state index in [0.717, 1.165) is 21.8 Å². The third kappa shape index (κ3) is 5.72. The van der Waals surface area contributed by atoms with E-state index in [-0.39, 0.29) is 5.56 Å². The average molecular weight is 471 g/mol. The molecular weight excluding hydrogens is 448 g/mol. The Labute approximate surface area is 194 Å². The van der Waals surface area contributed by atoms with Gasteiger partial charge < -0.3 is 31.5 Å². The first-order valence-electron chi connectivity index (χ1n) is 9.85. The average Bonchev–Trinajstić information content (AvgIpc) is 2.83. The number of carboxylic acids is 1. The Bertz CT molecular complexity index is 1270. The summed E-state index contributed by atoms with van der Waals surface area (Å²) in [5.41, 5.74) is 5.52. The summed E-state index contributed by atoms with van der Waals surface area (Å²) < 4.78 is 0. The van der Waals surface area contributed by atoms with E-state index in [1.165, 1.54) is 0 Å². The van der Waals surface area contributed by atoms with Crippen molar-refractivity contribution in [1.29, 1.82) is 0 Å². The first-order valence-corrected chi connectivity index (χ1v) is 10.2. The monoisotopic (exact) mass is 470 g/mol. The lowest BCUT2D eigenvalue weighted by Crippen LogP contribution is -2.50. The highest BCUT2D eigenvalue weighted by Crippen LogP contribution is 2.31. The van der Waals surface area contributed by atoms with Gasteiger partial charge in [0.1, 0.15) is 5.82 Å². The van der Waals surface area contributed by atoms with Crippen molar-refractivity contribution >= 4 is 50.8 Å². The molecule has 0 spiro atoms. The number of aromatic carboxylic acids is 1. The number of carboxylic acid groups (broad SMARTS) is 1. The maximum absolute atomic E-state index is 11.3. The van der Waals surface area contributed by atoms with Gasteiger partial charge in [-0.3, -0.25) is 4.98 Å². The minimum Gasteiger partial charge on any atom is -0.478 e. The molecule has 0 radical (unpaired) electrons. The molecule has 0 atom stereocenters. The number of aliphatic hydroxyl groups excluding tert-OH is 3. The van der Waals surface area contributed by atoms with Crippen LogP contribution in [-0.4, -0.2) is 61.7 Å². The van der Waals surface area contributed by atoms with Gasteiger partial charge in [0.25, 0.3) is 0 Å². The zero-order chi connectivity index (χ0) is 24.0. The second-order valence-corrected chi connectivity index (χ2v) is 7.83. The molecule has 9 nitrogen and oxygen atoms in total. The van der Waals surface area contributed by atoms with Gasteiger partial charge >= 0.3 is 5.97 Å². The molecule has 0 bridgehead atoms. The van der Waals surface area contributed by atoms with E-state index in [4.69, 9.17) is 32.7 Å². The molecule has 0 amide bonds. The SMILES string of the molecule is NC(CO)(CO)CO.O=C(O)c1ccc2c(c1)nc(Nc1cccc(Cl)c1)c1ccncc12. The molecule has 0 aliphatic rings. The Morgan fingerprint density at radius 3 is 2.33 bits per heavy atom. The number of hydrogen-bond acceptors (Lipinski definition) is 8. The molecule has 0 aliphatic heterocycles. The van der Waals surface area contributed by atoms with Crippen LogP contribution >= 0.6 is 11.6 Å². The van der Waals surface area contributed by atoms with Crippen LogP contribution in [-0.2, 0) is 0 Å². The normalized spacial score (nSPS) is 11.2. The molecule has 0 saturated heterocycles. The van der Waals surface area contributed by atoms with Crippen LogP contribution in [0.2, 0.25) is 5.02 Å². The fraction of sp³-hybridized carbons (Fsp3) is 0.174. The van der Waals surface area contributed by atoms with E-state index in [9.17, 15) is 9.90 Å². The molecule has 7 N–H and O–H groups in total. The van der Waals surface area contributed by atoms with E-state index < -0.39 is 31.3 Å². The van der Waals surface area contributed by atoms with Crippen molar-refractivity contribution < 1.29 is 25.2 Å². The maximum Gasteiger partial charge on any atom is 0.335 e. The topological polar surface area (TPSA) is 162 Å². The van der Waals surface area contributed by atoms with Crippen LogP contribution in [0.15, 0.2) is 60.9 Å². The van der Waals surface area contributed by atoms with Gasteiger partial charge in [0.05, 0.1) is 36.4 Å². The number of fused-ring (bicyclic) bond motifs is 3. The molecule has 10 heteroatoms. The van der Waals surface area contributed by atoms with Gasteiger partial charge in [-0.2, -0.15) is 0 Å². The van der Waals surface area contributed by atoms with Gasteiger partial charge in [-0.25, -0.2) is 9.78 Å². The van der Waals surface area contributed by atoms with Crippen LogP contribution < -0.4 is 11.1 Å². The quantitative estimate of drug-likeness (QED) is 0.232. The first-order chi connectivity index (χ1) is 15.8. The predicted molar refractivity (Wildman–Crippen MR) is 127 cm³/mol. The molecule has 33 heavy (non-hydrogen) atoms. The van der Waals surface area contributed by atoms with E-state index in [1.807, 2.05) is 18.2 Å². The molecule has 2 aromatic heterocycles. The second kappa shape index (κ2) is 10.5. The predicted octanol–water partition coefficient (Wildman–Crippen LogP) is 2.54. The van der Waals surface area contributed by atoms with Gasteiger partial charge in [0.15, 0.2) is 0 Å². The molecule has 0 aliphatic carbocycles. The van der Waals surface area contributed by atoms with Crippen LogP contribution in [0.4, 0.5) is 11.5 Å². The Morgan fingerprint density at radius 1 is 1.00 bits per heavy atom. The van der Waals surface area contributed by atoms with Crippen molar-refractivity contribution in [3.05, 3.63) is 71.5 Å². The van der Waals surface area contributed by atoms with Gasteiger partial charge in [-0.1, -0.05) is 23.7 Å². The molecule has 2 heterocycles. The summed E-state index contributed by atoms with van der Waals surface area (Å²) in [6, 6.07) is 14.1. The molecular formula is C23H23ClN4O5. The number of aliphatic hydroxyl groups is 3. The van der Waals surface area contributed by atoms with E-state index in [0.29, 0.717) is 16.4 Å². The number of benzene rings is 2. The highest BCUT2D eigenvalue weighted by atomic mass is 35.5. The molecule has 0 fully saturated rings. The number of halogens is 1. The van der Waals surface area contributed by atoms with Crippen molar-refractivity contribution in [2.75, 3.05) is 25.1 Å². The molecule has 2 aromatic carbocycles. The minimum absolute atomic E-state index is 0.192. The lowest BCUT2D eigenvalue weighted by atomic mass is 10.1. The Morgan fingerprint density at radius 2 is 1.73 bits per heavy atom. The van der Waals surface area contributed by atoms with Crippen LogP contribution in [0, 0.1) is 0 Å². The summed E-state index contributed by atoms with van der Waals surface area (Å²) in [5, 5.41) is 40.8. The van der Waals surface area contributed by atoms with Gasteiger partial charge in [0.2, 0.25) is 0 Å². The van der Waals surface area contributed by atoms with Crippen molar-refractivity contribution in [3.63, 3.8) is 0 Å². The second-order valence-electron chi connectivity index (χ2n) is 7.39. The number of anilines is 2. The molecule has 4 aromatic rings. The number of aromatic nitrogens is 2. The summed E-state index contributed by atoms with van der Waals surface area (Å²) >= 11 is 6.04. The lowest BCUT2D eigenvalue weighted by molar-refractivity contribution is 0.0692. The van der Waals surface area contributed by atoms with Gasteiger partial charge in [-0.05, 0) is 36.4 Å². The highest BCUT2D eigenvalue weighted by Gasteiger charge is 2.20. The summed E-state index contributed by atoms with van der Waals surface area (Å²) in [5.74, 6) is -0.367. The number of nitrogens with zero attached hydrogens (tertiary/aromatic N) is 2. The third-order valence-corrected chi connectivity index (χ3v) is 5.11. The van der Waals surface area contributed by atoms with E-state index in [1.54, 1.807) is 42.7 Å². The van der Waals surface area contributed by atoms with Crippen LogP contribution in [0.1, 0.15) is 10.4 Å². The highest BCUT2D eigenvalue weighted by molar-refractivity contribution is 6.30. The van der Waals surface area contributed by atoms with E-state index in [2.05, 4.69) is 15.3 Å². The molecule has 0 unspecified atom stereocenters. The maximum atomic E-state index is 11.3. The molecule has 0 saturated carbocycles. The number of nitrogens with one attached hydrogen (secondary N) is 1. The van der Waals surface area contributed by atoms with Gasteiger partial charge in [-0.15, -0.1) is 0 Å². The largest absolute Gasteiger partial charge is 0.478 e. The number of pyridine rings is 2. The van der Waals surface area contributed by atoms with Gasteiger partial charge in [0, 0.05) is 39.3 Å². The van der Waals surface area contributed by atoms with Crippen LogP contribution in [0.3, 0.4) is 0 Å². The lowest BCUT2D eigenvalue weighted by Gasteiger charge is -2.20. The van der Waals surface area contributed by atoms with Crippen LogP contribution in [0.5, 0.6) is 0 Å². The minimum atomic E-state index is -1.21. The number of nitrogens with two attached hydrogens (primary N) is 1. The zero-order valence-electron chi connectivity index (χ0n) is 17.4. The summed E-state index contributed by atoms with van der Waals surface area (Å²) in [6.45, 7) is -1.21. The van der Waals surface area contributed by atoms with Crippen molar-refractivity contribution in [2.45, 2.75) is 5.54 Å². The smallest absolute Gasteiger partial charge is 0.335 e. The van der Waals surface area contributed by atoms with Crippen molar-refractivity contribution in [1.82, 2.24) is 9.97 Å². The fourth-order valence-corrected chi connectivity index (χ4v) is 3.12. The molecule has 172 valence electrons. The third-order valence-electron chi connectivity index (χ3n) is 4.88. The first kappa shape index (κ1) is 24.3. The Kier molecular flexibility index (Phi) is 7.75. The standard InChI is InChI=1S/C19H12ClN3O2.C4H11NO3/c20-12-2-1-3-13(9-12)22-18-15-6-7-21-10-16(15)14-5-4-11(19(24)25)8-17(14)23-18;5-4(1-6,2-7)3-8/h1-10H,(H,22,23)(H,24,25);6-8H,1-3,5H2. The fourth-order valence-electron chi connectivity index (χ4n) is 2.93.